The van der Waals surface area contributed by atoms with Gasteiger partial charge >= 0.3 is 5.69 Å². The summed E-state index contributed by atoms with van der Waals surface area (Å²) in [6, 6.07) is 14.4. The molecule has 1 aliphatic heterocycles. The molecule has 0 spiro atoms. The van der Waals surface area contributed by atoms with Gasteiger partial charge in [0.1, 0.15) is 5.58 Å². The molecule has 7 heteroatoms. The number of nitrogens with one attached hydrogen (secondary N) is 1. The van der Waals surface area contributed by atoms with Crippen LogP contribution in [0.15, 0.2) is 57.9 Å². The van der Waals surface area contributed by atoms with E-state index in [2.05, 4.69) is 34.5 Å². The zero-order chi connectivity index (χ0) is 22.5. The van der Waals surface area contributed by atoms with Crippen LogP contribution in [0.3, 0.4) is 0 Å². The summed E-state index contributed by atoms with van der Waals surface area (Å²) >= 11 is 0. The van der Waals surface area contributed by atoms with Crippen LogP contribution in [0.5, 0.6) is 0 Å². The number of hydrogen-bond acceptors (Lipinski definition) is 4. The number of nitrogens with zero attached hydrogens (tertiary/aromatic N) is 3. The van der Waals surface area contributed by atoms with Crippen molar-refractivity contribution in [2.24, 2.45) is 11.8 Å². The van der Waals surface area contributed by atoms with E-state index >= 15 is 0 Å². The average Bonchev–Trinajstić information content (AvgIpc) is 3.21. The summed E-state index contributed by atoms with van der Waals surface area (Å²) in [4.78, 5) is 27.0. The molecule has 6 rings (SSSR count). The minimum Gasteiger partial charge on any atom is -0.464 e. The second-order valence-corrected chi connectivity index (χ2v) is 9.38. The van der Waals surface area contributed by atoms with Crippen LogP contribution < -0.4 is 5.69 Å². The number of aromatic amines is 1. The Morgan fingerprint density at radius 3 is 2.76 bits per heavy atom. The molecule has 2 aliphatic rings. The maximum absolute atomic E-state index is 12.6. The number of amides is 1. The molecule has 2 aromatic carbocycles. The van der Waals surface area contributed by atoms with Crippen molar-refractivity contribution >= 4 is 16.9 Å². The maximum Gasteiger partial charge on any atom is 0.343 e. The quantitative estimate of drug-likeness (QED) is 0.502. The van der Waals surface area contributed by atoms with Crippen molar-refractivity contribution in [2.75, 3.05) is 13.1 Å². The number of H-pyrrole nitrogens is 1. The van der Waals surface area contributed by atoms with Gasteiger partial charge in [-0.05, 0) is 67.0 Å². The minimum absolute atomic E-state index is 0.203. The van der Waals surface area contributed by atoms with Crippen LogP contribution in [-0.4, -0.2) is 38.7 Å². The first-order valence-electron chi connectivity index (χ1n) is 11.6. The third-order valence-electron chi connectivity index (χ3n) is 6.98. The molecule has 1 saturated heterocycles. The molecule has 1 amide bonds. The number of likely N-dealkylation sites (tertiary alicyclic amines) is 1. The number of rotatable bonds is 5. The smallest absolute Gasteiger partial charge is 0.343 e. The summed E-state index contributed by atoms with van der Waals surface area (Å²) in [5, 5.41) is 8.05. The Morgan fingerprint density at radius 1 is 1.12 bits per heavy atom. The van der Waals surface area contributed by atoms with Gasteiger partial charge in [0.05, 0.1) is 6.26 Å². The molecule has 1 aliphatic carbocycles. The van der Waals surface area contributed by atoms with Crippen LogP contribution in [-0.2, 0) is 11.3 Å². The summed E-state index contributed by atoms with van der Waals surface area (Å²) in [6.45, 7) is 4.12. The SMILES string of the molecule is Cc1cc(-c2ccc3occc3c2)ccc1-c1n[nH]c(=O)n1CC1CCN(C(=O)C2CC2)C1. The molecule has 7 nitrogen and oxygen atoms in total. The summed E-state index contributed by atoms with van der Waals surface area (Å²) in [5.41, 5.74) is 4.88. The number of aromatic nitrogens is 3. The first-order chi connectivity index (χ1) is 16.1. The highest BCUT2D eigenvalue weighted by Gasteiger charge is 2.36. The zero-order valence-electron chi connectivity index (χ0n) is 18.6. The van der Waals surface area contributed by atoms with Gasteiger partial charge in [0, 0.05) is 36.5 Å². The number of aryl methyl sites for hydroxylation is 1. The Kier molecular flexibility index (Phi) is 4.71. The Labute approximate surface area is 191 Å². The van der Waals surface area contributed by atoms with Crippen molar-refractivity contribution in [3.05, 3.63) is 64.8 Å². The summed E-state index contributed by atoms with van der Waals surface area (Å²) < 4.78 is 7.18. The lowest BCUT2D eigenvalue weighted by Crippen LogP contribution is -2.31. The minimum atomic E-state index is -0.203. The zero-order valence-corrected chi connectivity index (χ0v) is 18.6. The second-order valence-electron chi connectivity index (χ2n) is 9.38. The van der Waals surface area contributed by atoms with Crippen LogP contribution in [0.1, 0.15) is 24.8 Å². The Morgan fingerprint density at radius 2 is 1.94 bits per heavy atom. The normalized spacial score (nSPS) is 18.3. The molecule has 1 unspecified atom stereocenters. The average molecular weight is 443 g/mol. The highest BCUT2D eigenvalue weighted by Crippen LogP contribution is 2.34. The molecule has 4 aromatic rings. The third kappa shape index (κ3) is 3.67. The van der Waals surface area contributed by atoms with Gasteiger partial charge in [0.25, 0.3) is 0 Å². The van der Waals surface area contributed by atoms with E-state index in [0.717, 1.165) is 65.6 Å². The molecule has 0 radical (unpaired) electrons. The highest BCUT2D eigenvalue weighted by atomic mass is 16.3. The highest BCUT2D eigenvalue weighted by molar-refractivity contribution is 5.84. The number of hydrogen-bond donors (Lipinski definition) is 1. The summed E-state index contributed by atoms with van der Waals surface area (Å²) in [6.07, 6.45) is 4.67. The molecule has 1 N–H and O–H groups in total. The van der Waals surface area contributed by atoms with Gasteiger partial charge in [-0.2, -0.15) is 5.10 Å². The standard InChI is InChI=1S/C26H26N4O3/c1-16-12-19(20-5-7-23-21(13-20)9-11-33-23)4-6-22(16)24-27-28-26(32)30(24)15-17-8-10-29(14-17)25(31)18-2-3-18/h4-7,9,11-13,17-18H,2-3,8,10,14-15H2,1H3,(H,28,32). The molecule has 2 aromatic heterocycles. The van der Waals surface area contributed by atoms with Crippen LogP contribution in [0.4, 0.5) is 0 Å². The van der Waals surface area contributed by atoms with Crippen molar-refractivity contribution in [1.82, 2.24) is 19.7 Å². The molecule has 3 heterocycles. The predicted octanol–water partition coefficient (Wildman–Crippen LogP) is 4.22. The van der Waals surface area contributed by atoms with Gasteiger partial charge in [-0.1, -0.05) is 24.3 Å². The lowest BCUT2D eigenvalue weighted by atomic mass is 9.98. The van der Waals surface area contributed by atoms with Crippen LogP contribution in [0.25, 0.3) is 33.5 Å². The van der Waals surface area contributed by atoms with Gasteiger partial charge in [-0.15, -0.1) is 0 Å². The van der Waals surface area contributed by atoms with Gasteiger partial charge in [0.2, 0.25) is 5.91 Å². The van der Waals surface area contributed by atoms with E-state index in [1.165, 1.54) is 0 Å². The first-order valence-corrected chi connectivity index (χ1v) is 11.6. The summed E-state index contributed by atoms with van der Waals surface area (Å²) in [7, 11) is 0. The van der Waals surface area contributed by atoms with Crippen LogP contribution >= 0.6 is 0 Å². The van der Waals surface area contributed by atoms with Gasteiger partial charge in [-0.25, -0.2) is 9.89 Å². The third-order valence-corrected chi connectivity index (χ3v) is 6.98. The van der Waals surface area contributed by atoms with Gasteiger partial charge < -0.3 is 9.32 Å². The van der Waals surface area contributed by atoms with Gasteiger partial charge in [-0.3, -0.25) is 9.36 Å². The van der Waals surface area contributed by atoms with Crippen molar-refractivity contribution in [1.29, 1.82) is 0 Å². The predicted molar refractivity (Wildman–Crippen MR) is 126 cm³/mol. The Balaban J connectivity index is 1.25. The van der Waals surface area contributed by atoms with Crippen molar-refractivity contribution in [3.63, 3.8) is 0 Å². The van der Waals surface area contributed by atoms with Crippen molar-refractivity contribution in [2.45, 2.75) is 32.7 Å². The molecule has 1 atom stereocenters. The van der Waals surface area contributed by atoms with E-state index in [1.807, 2.05) is 30.0 Å². The van der Waals surface area contributed by atoms with E-state index in [-0.39, 0.29) is 23.4 Å². The van der Waals surface area contributed by atoms with Gasteiger partial charge in [0.15, 0.2) is 5.82 Å². The number of carbonyl (C=O) groups is 1. The van der Waals surface area contributed by atoms with E-state index < -0.39 is 0 Å². The van der Waals surface area contributed by atoms with E-state index in [4.69, 9.17) is 4.42 Å². The molecule has 33 heavy (non-hydrogen) atoms. The molecule has 0 bridgehead atoms. The number of furan rings is 1. The van der Waals surface area contributed by atoms with E-state index in [9.17, 15) is 9.59 Å². The lowest BCUT2D eigenvalue weighted by molar-refractivity contribution is -0.131. The van der Waals surface area contributed by atoms with Crippen molar-refractivity contribution in [3.8, 4) is 22.5 Å². The first kappa shape index (κ1) is 20.0. The second kappa shape index (κ2) is 7.76. The number of carbonyl (C=O) groups excluding carboxylic acids is 1. The van der Waals surface area contributed by atoms with Crippen LogP contribution in [0.2, 0.25) is 0 Å². The monoisotopic (exact) mass is 442 g/mol. The van der Waals surface area contributed by atoms with Crippen molar-refractivity contribution < 1.29 is 9.21 Å². The largest absolute Gasteiger partial charge is 0.464 e. The molecular weight excluding hydrogens is 416 g/mol. The Hall–Kier alpha value is -3.61. The number of fused-ring (bicyclic) bond motifs is 1. The fraction of sp³-hybridized carbons (Fsp3) is 0.346. The topological polar surface area (TPSA) is 84.1 Å². The lowest BCUT2D eigenvalue weighted by Gasteiger charge is -2.17. The maximum atomic E-state index is 12.6. The fourth-order valence-corrected chi connectivity index (χ4v) is 4.96. The van der Waals surface area contributed by atoms with Crippen LogP contribution in [0, 0.1) is 18.8 Å². The van der Waals surface area contributed by atoms with E-state index in [1.54, 1.807) is 10.8 Å². The Bertz CT molecular complexity index is 1410. The molecular formula is C26H26N4O3. The fourth-order valence-electron chi connectivity index (χ4n) is 4.96. The number of benzene rings is 2. The molecule has 1 saturated carbocycles. The molecule has 168 valence electrons. The molecule has 2 fully saturated rings. The summed E-state index contributed by atoms with van der Waals surface area (Å²) in [5.74, 6) is 1.45. The van der Waals surface area contributed by atoms with E-state index in [0.29, 0.717) is 12.4 Å².